The van der Waals surface area contributed by atoms with E-state index in [9.17, 15) is 4.79 Å². The molecule has 1 aromatic carbocycles. The van der Waals surface area contributed by atoms with Crippen LogP contribution in [0, 0.1) is 12.1 Å². The summed E-state index contributed by atoms with van der Waals surface area (Å²) in [6.45, 7) is 0. The van der Waals surface area contributed by atoms with Crippen molar-refractivity contribution in [3.8, 4) is 11.5 Å². The van der Waals surface area contributed by atoms with Crippen LogP contribution in [0.15, 0.2) is 6.07 Å². The third-order valence-electron chi connectivity index (χ3n) is 1.18. The Hall–Kier alpha value is -1.69. The molecule has 0 fully saturated rings. The summed E-state index contributed by atoms with van der Waals surface area (Å²) in [5.41, 5.74) is 0.253. The topological polar surface area (TPSA) is 46.5 Å². The van der Waals surface area contributed by atoms with Crippen LogP contribution >= 0.6 is 0 Å². The molecule has 1 N–H and O–H groups in total. The fourth-order valence-corrected chi connectivity index (χ4v) is 0.661. The standard InChI is InChI=1S/C8H6O3/c1-11-8-3-2-6(5-9)4-7(8)10/h4-5,10H,1H3. The molecule has 0 aromatic heterocycles. The first-order valence-electron chi connectivity index (χ1n) is 2.94. The Morgan fingerprint density at radius 2 is 2.36 bits per heavy atom. The second-order valence-electron chi connectivity index (χ2n) is 1.89. The van der Waals surface area contributed by atoms with Gasteiger partial charge >= 0.3 is 0 Å². The van der Waals surface area contributed by atoms with Crippen molar-refractivity contribution in [2.24, 2.45) is 0 Å². The Morgan fingerprint density at radius 3 is 2.82 bits per heavy atom. The first-order valence-corrected chi connectivity index (χ1v) is 2.94. The monoisotopic (exact) mass is 150 g/mol. The Kier molecular flexibility index (Phi) is 1.98. The number of carbonyl (C=O) groups excluding carboxylic acids is 1. The Balaban J connectivity index is 3.09. The maximum Gasteiger partial charge on any atom is 0.212 e. The second-order valence-corrected chi connectivity index (χ2v) is 1.89. The molecule has 0 bridgehead atoms. The van der Waals surface area contributed by atoms with E-state index < -0.39 is 0 Å². The Morgan fingerprint density at radius 1 is 1.64 bits per heavy atom. The van der Waals surface area contributed by atoms with Crippen LogP contribution in [0.5, 0.6) is 11.5 Å². The van der Waals surface area contributed by atoms with E-state index >= 15 is 0 Å². The molecule has 3 nitrogen and oxygen atoms in total. The molecule has 56 valence electrons. The minimum atomic E-state index is -0.103. The third-order valence-corrected chi connectivity index (χ3v) is 1.18. The molecule has 1 aromatic rings. The molecule has 0 amide bonds. The van der Waals surface area contributed by atoms with Gasteiger partial charge in [0.05, 0.1) is 12.7 Å². The van der Waals surface area contributed by atoms with Gasteiger partial charge in [0.15, 0.2) is 12.0 Å². The molecule has 3 heteroatoms. The van der Waals surface area contributed by atoms with E-state index in [1.165, 1.54) is 13.2 Å². The van der Waals surface area contributed by atoms with Crippen molar-refractivity contribution in [2.45, 2.75) is 0 Å². The van der Waals surface area contributed by atoms with E-state index in [1.807, 2.05) is 0 Å². The van der Waals surface area contributed by atoms with Crippen molar-refractivity contribution in [1.82, 2.24) is 0 Å². The van der Waals surface area contributed by atoms with Gasteiger partial charge in [-0.1, -0.05) is 6.07 Å². The highest BCUT2D eigenvalue weighted by Crippen LogP contribution is 2.21. The summed E-state index contributed by atoms with van der Waals surface area (Å²) < 4.78 is 4.69. The van der Waals surface area contributed by atoms with Crippen molar-refractivity contribution in [3.63, 3.8) is 0 Å². The normalized spacial score (nSPS) is 8.45. The summed E-state index contributed by atoms with van der Waals surface area (Å²) in [4.78, 5) is 10.2. The van der Waals surface area contributed by atoms with Gasteiger partial charge in [-0.15, -0.1) is 0 Å². The number of ether oxygens (including phenoxy) is 1. The lowest BCUT2D eigenvalue weighted by Crippen LogP contribution is -1.83. The first-order chi connectivity index (χ1) is 5.27. The summed E-state index contributed by atoms with van der Waals surface area (Å²) in [5.74, 6) is 0.0870. The number of aldehydes is 1. The molecule has 0 aliphatic heterocycles. The molecule has 0 spiro atoms. The minimum absolute atomic E-state index is 0.103. The molecule has 0 unspecified atom stereocenters. The highest BCUT2D eigenvalue weighted by molar-refractivity contribution is 5.74. The van der Waals surface area contributed by atoms with Gasteiger partial charge in [0.1, 0.15) is 0 Å². The number of hydrogen-bond donors (Lipinski definition) is 1. The lowest BCUT2D eigenvalue weighted by atomic mass is 10.2. The van der Waals surface area contributed by atoms with Gasteiger partial charge in [-0.2, -0.15) is 0 Å². The Bertz CT molecular complexity index is 268. The van der Waals surface area contributed by atoms with Crippen molar-refractivity contribution in [1.29, 1.82) is 0 Å². The van der Waals surface area contributed by atoms with Crippen LogP contribution in [0.3, 0.4) is 0 Å². The molecule has 0 aliphatic carbocycles. The van der Waals surface area contributed by atoms with E-state index in [2.05, 4.69) is 12.1 Å². The molecule has 0 heterocycles. The van der Waals surface area contributed by atoms with Crippen LogP contribution in [0.2, 0.25) is 0 Å². The maximum absolute atomic E-state index is 10.2. The van der Waals surface area contributed by atoms with Crippen LogP contribution < -0.4 is 4.74 Å². The predicted octanol–water partition coefficient (Wildman–Crippen LogP) is 0.814. The van der Waals surface area contributed by atoms with Crippen LogP contribution in [-0.2, 0) is 0 Å². The van der Waals surface area contributed by atoms with Crippen LogP contribution in [0.4, 0.5) is 0 Å². The van der Waals surface area contributed by atoms with Gasteiger partial charge in [-0.05, 0) is 6.07 Å². The summed E-state index contributed by atoms with van der Waals surface area (Å²) >= 11 is 0. The van der Waals surface area contributed by atoms with Gasteiger partial charge < -0.3 is 9.84 Å². The SMILES string of the molecule is COc1c#cc(C=O)cc1O. The van der Waals surface area contributed by atoms with E-state index in [4.69, 9.17) is 9.84 Å². The minimum Gasteiger partial charge on any atom is -0.504 e. The predicted molar refractivity (Wildman–Crippen MR) is 37.7 cm³/mol. The highest BCUT2D eigenvalue weighted by atomic mass is 16.5. The summed E-state index contributed by atoms with van der Waals surface area (Å²) in [6, 6.07) is 6.24. The zero-order chi connectivity index (χ0) is 8.27. The number of carbonyl (C=O) groups is 1. The molecule has 0 atom stereocenters. The van der Waals surface area contributed by atoms with E-state index in [1.54, 1.807) is 0 Å². The molecule has 0 aliphatic rings. The molecule has 0 saturated carbocycles. The number of aromatic hydroxyl groups is 1. The van der Waals surface area contributed by atoms with Gasteiger partial charge in [0.25, 0.3) is 0 Å². The average molecular weight is 150 g/mol. The van der Waals surface area contributed by atoms with E-state index in [0.717, 1.165) is 0 Å². The number of rotatable bonds is 2. The van der Waals surface area contributed by atoms with Crippen molar-refractivity contribution < 1.29 is 14.6 Å². The first kappa shape index (κ1) is 7.42. The third kappa shape index (κ3) is 1.41. The smallest absolute Gasteiger partial charge is 0.212 e. The maximum atomic E-state index is 10.2. The molecule has 11 heavy (non-hydrogen) atoms. The second kappa shape index (κ2) is 2.93. The molecule has 1 rings (SSSR count). The fourth-order valence-electron chi connectivity index (χ4n) is 0.661. The zero-order valence-electron chi connectivity index (χ0n) is 5.92. The lowest BCUT2D eigenvalue weighted by molar-refractivity contribution is 0.112. The van der Waals surface area contributed by atoms with Gasteiger partial charge in [0.2, 0.25) is 5.75 Å². The molecule has 0 saturated heterocycles. The van der Waals surface area contributed by atoms with E-state index in [0.29, 0.717) is 6.29 Å². The van der Waals surface area contributed by atoms with Gasteiger partial charge in [-0.25, -0.2) is 0 Å². The quantitative estimate of drug-likeness (QED) is 0.634. The summed E-state index contributed by atoms with van der Waals surface area (Å²) in [7, 11) is 1.40. The van der Waals surface area contributed by atoms with Crippen LogP contribution in [0.1, 0.15) is 10.4 Å². The highest BCUT2D eigenvalue weighted by Gasteiger charge is 1.99. The lowest BCUT2D eigenvalue weighted by Gasteiger charge is -1.97. The molecular weight excluding hydrogens is 144 g/mol. The largest absolute Gasteiger partial charge is 0.504 e. The van der Waals surface area contributed by atoms with Crippen molar-refractivity contribution in [2.75, 3.05) is 7.11 Å². The van der Waals surface area contributed by atoms with Crippen LogP contribution in [0.25, 0.3) is 0 Å². The zero-order valence-corrected chi connectivity index (χ0v) is 5.92. The van der Waals surface area contributed by atoms with Crippen molar-refractivity contribution >= 4 is 6.29 Å². The number of methoxy groups -OCH3 is 1. The molecule has 0 radical (unpaired) electrons. The average Bonchev–Trinajstić information content (AvgIpc) is 2.04. The van der Waals surface area contributed by atoms with Gasteiger partial charge in [0, 0.05) is 6.07 Å². The van der Waals surface area contributed by atoms with Crippen molar-refractivity contribution in [3.05, 3.63) is 23.8 Å². The molecular formula is C8H6O3. The van der Waals surface area contributed by atoms with Gasteiger partial charge in [-0.3, -0.25) is 4.79 Å². The summed E-state index contributed by atoms with van der Waals surface area (Å²) in [5, 5.41) is 9.09. The number of hydrogen-bond acceptors (Lipinski definition) is 3. The van der Waals surface area contributed by atoms with E-state index in [-0.39, 0.29) is 17.1 Å². The van der Waals surface area contributed by atoms with Crippen LogP contribution in [-0.4, -0.2) is 18.5 Å². The summed E-state index contributed by atoms with van der Waals surface area (Å²) in [6.07, 6.45) is 0.579. The Labute approximate surface area is 64.2 Å². The fraction of sp³-hybridized carbons (Fsp3) is 0.125.